The molecule has 0 fully saturated rings. The van der Waals surface area contributed by atoms with Gasteiger partial charge in [0.2, 0.25) is 0 Å². The second kappa shape index (κ2) is 5.66. The van der Waals surface area contributed by atoms with E-state index >= 15 is 0 Å². The molecule has 104 valence electrons. The molecule has 2 aromatic carbocycles. The highest BCUT2D eigenvalue weighted by molar-refractivity contribution is 9.10. The van der Waals surface area contributed by atoms with Gasteiger partial charge in [-0.1, -0.05) is 46.3 Å². The Balaban J connectivity index is 2.33. The zero-order valence-corrected chi connectivity index (χ0v) is 12.9. The number of carbonyl (C=O) groups is 1. The number of aromatic nitrogens is 1. The highest BCUT2D eigenvalue weighted by Gasteiger charge is 2.13. The number of pyridine rings is 1. The van der Waals surface area contributed by atoms with Gasteiger partial charge >= 0.3 is 5.97 Å². The lowest BCUT2D eigenvalue weighted by atomic mass is 10.0. The Kier molecular flexibility index (Phi) is 3.71. The molecule has 0 aliphatic rings. The number of hydrogen-bond acceptors (Lipinski definition) is 3. The van der Waals surface area contributed by atoms with Gasteiger partial charge in [-0.3, -0.25) is 0 Å². The standard InChI is InChI=1S/C17H12BrNO2/c1-21-17(20)16-10-13(11-5-3-2-4-6-11)14-9-12(18)7-8-15(14)19-16/h2-10H,1H3. The summed E-state index contributed by atoms with van der Waals surface area (Å²) in [4.78, 5) is 16.2. The van der Waals surface area contributed by atoms with E-state index in [2.05, 4.69) is 20.9 Å². The number of fused-ring (bicyclic) bond motifs is 1. The number of carbonyl (C=O) groups excluding carboxylic acids is 1. The number of ether oxygens (including phenoxy) is 1. The molecule has 0 saturated heterocycles. The zero-order chi connectivity index (χ0) is 14.8. The van der Waals surface area contributed by atoms with Gasteiger partial charge in [0, 0.05) is 9.86 Å². The molecule has 0 N–H and O–H groups in total. The predicted octanol–water partition coefficient (Wildman–Crippen LogP) is 4.45. The molecule has 0 radical (unpaired) electrons. The third-order valence-electron chi connectivity index (χ3n) is 3.25. The summed E-state index contributed by atoms with van der Waals surface area (Å²) in [6.45, 7) is 0. The Hall–Kier alpha value is -2.20. The lowest BCUT2D eigenvalue weighted by Crippen LogP contribution is -2.05. The molecule has 0 amide bonds. The first kappa shape index (κ1) is 13.8. The zero-order valence-electron chi connectivity index (χ0n) is 11.3. The first-order chi connectivity index (χ1) is 10.2. The van der Waals surface area contributed by atoms with Crippen LogP contribution in [0.4, 0.5) is 0 Å². The van der Waals surface area contributed by atoms with E-state index in [1.165, 1.54) is 7.11 Å². The number of hydrogen-bond donors (Lipinski definition) is 0. The normalized spacial score (nSPS) is 10.6. The van der Waals surface area contributed by atoms with Crippen molar-refractivity contribution in [3.8, 4) is 11.1 Å². The van der Waals surface area contributed by atoms with Crippen molar-refractivity contribution in [3.05, 3.63) is 64.8 Å². The van der Waals surface area contributed by atoms with Crippen molar-refractivity contribution in [2.75, 3.05) is 7.11 Å². The predicted molar refractivity (Wildman–Crippen MR) is 86.2 cm³/mol. The highest BCUT2D eigenvalue weighted by atomic mass is 79.9. The fourth-order valence-electron chi connectivity index (χ4n) is 2.26. The molecule has 1 aromatic heterocycles. The summed E-state index contributed by atoms with van der Waals surface area (Å²) in [6, 6.07) is 17.5. The molecule has 21 heavy (non-hydrogen) atoms. The molecule has 3 nitrogen and oxygen atoms in total. The third kappa shape index (κ3) is 2.67. The maximum absolute atomic E-state index is 11.8. The van der Waals surface area contributed by atoms with Gasteiger partial charge in [0.1, 0.15) is 5.69 Å². The van der Waals surface area contributed by atoms with Crippen molar-refractivity contribution in [1.29, 1.82) is 0 Å². The second-order valence-corrected chi connectivity index (χ2v) is 5.49. The van der Waals surface area contributed by atoms with Crippen LogP contribution in [0.5, 0.6) is 0 Å². The van der Waals surface area contributed by atoms with Crippen molar-refractivity contribution < 1.29 is 9.53 Å². The van der Waals surface area contributed by atoms with Crippen LogP contribution in [0.25, 0.3) is 22.0 Å². The summed E-state index contributed by atoms with van der Waals surface area (Å²) >= 11 is 3.48. The van der Waals surface area contributed by atoms with E-state index in [1.54, 1.807) is 6.07 Å². The van der Waals surface area contributed by atoms with Crippen LogP contribution in [0.2, 0.25) is 0 Å². The Morgan fingerprint density at radius 2 is 1.86 bits per heavy atom. The van der Waals surface area contributed by atoms with E-state index in [4.69, 9.17) is 4.74 Å². The molecular formula is C17H12BrNO2. The van der Waals surface area contributed by atoms with E-state index in [0.29, 0.717) is 5.69 Å². The minimum Gasteiger partial charge on any atom is -0.464 e. The number of benzene rings is 2. The minimum atomic E-state index is -0.433. The van der Waals surface area contributed by atoms with E-state index in [0.717, 1.165) is 26.5 Å². The van der Waals surface area contributed by atoms with Crippen molar-refractivity contribution in [2.24, 2.45) is 0 Å². The van der Waals surface area contributed by atoms with Gasteiger partial charge in [-0.2, -0.15) is 0 Å². The monoisotopic (exact) mass is 341 g/mol. The van der Waals surface area contributed by atoms with Crippen LogP contribution in [-0.2, 0) is 4.74 Å². The van der Waals surface area contributed by atoms with Crippen LogP contribution in [0, 0.1) is 0 Å². The van der Waals surface area contributed by atoms with Crippen molar-refractivity contribution in [1.82, 2.24) is 4.98 Å². The molecule has 3 rings (SSSR count). The summed E-state index contributed by atoms with van der Waals surface area (Å²) in [5.74, 6) is -0.433. The molecule has 4 heteroatoms. The molecule has 1 heterocycles. The van der Waals surface area contributed by atoms with Gasteiger partial charge in [-0.25, -0.2) is 9.78 Å². The molecule has 0 aliphatic carbocycles. The van der Waals surface area contributed by atoms with Gasteiger partial charge < -0.3 is 4.74 Å². The molecule has 0 bridgehead atoms. The van der Waals surface area contributed by atoms with Gasteiger partial charge in [-0.15, -0.1) is 0 Å². The van der Waals surface area contributed by atoms with E-state index in [-0.39, 0.29) is 0 Å². The Bertz CT molecular complexity index is 816. The summed E-state index contributed by atoms with van der Waals surface area (Å²) < 4.78 is 5.76. The van der Waals surface area contributed by atoms with Crippen LogP contribution in [0.1, 0.15) is 10.5 Å². The maximum atomic E-state index is 11.8. The fraction of sp³-hybridized carbons (Fsp3) is 0.0588. The van der Waals surface area contributed by atoms with Crippen LogP contribution >= 0.6 is 15.9 Å². The van der Waals surface area contributed by atoms with Crippen molar-refractivity contribution >= 4 is 32.8 Å². The maximum Gasteiger partial charge on any atom is 0.356 e. The first-order valence-electron chi connectivity index (χ1n) is 6.43. The number of nitrogens with zero attached hydrogens (tertiary/aromatic N) is 1. The van der Waals surface area contributed by atoms with E-state index < -0.39 is 5.97 Å². The van der Waals surface area contributed by atoms with Crippen molar-refractivity contribution in [3.63, 3.8) is 0 Å². The van der Waals surface area contributed by atoms with E-state index in [1.807, 2.05) is 48.5 Å². The number of halogens is 1. The fourth-order valence-corrected chi connectivity index (χ4v) is 2.62. The molecule has 0 atom stereocenters. The molecule has 0 saturated carbocycles. The summed E-state index contributed by atoms with van der Waals surface area (Å²) in [6.07, 6.45) is 0. The molecular weight excluding hydrogens is 330 g/mol. The van der Waals surface area contributed by atoms with Crippen LogP contribution < -0.4 is 0 Å². The molecule has 0 spiro atoms. The molecule has 0 aliphatic heterocycles. The van der Waals surface area contributed by atoms with Crippen molar-refractivity contribution in [2.45, 2.75) is 0 Å². The van der Waals surface area contributed by atoms with Gasteiger partial charge in [0.15, 0.2) is 0 Å². The first-order valence-corrected chi connectivity index (χ1v) is 7.22. The Labute approximate surface area is 130 Å². The molecule has 3 aromatic rings. The highest BCUT2D eigenvalue weighted by Crippen LogP contribution is 2.30. The van der Waals surface area contributed by atoms with Crippen LogP contribution in [-0.4, -0.2) is 18.1 Å². The summed E-state index contributed by atoms with van der Waals surface area (Å²) in [5, 5.41) is 0.989. The second-order valence-electron chi connectivity index (χ2n) is 4.57. The average molecular weight is 342 g/mol. The lowest BCUT2D eigenvalue weighted by Gasteiger charge is -2.09. The third-order valence-corrected chi connectivity index (χ3v) is 3.74. The van der Waals surface area contributed by atoms with Gasteiger partial charge in [-0.05, 0) is 35.4 Å². The smallest absolute Gasteiger partial charge is 0.356 e. The van der Waals surface area contributed by atoms with Gasteiger partial charge in [0.25, 0.3) is 0 Å². The topological polar surface area (TPSA) is 39.2 Å². The SMILES string of the molecule is COC(=O)c1cc(-c2ccccc2)c2cc(Br)ccc2n1. The average Bonchev–Trinajstić information content (AvgIpc) is 2.54. The number of esters is 1. The number of methoxy groups -OCH3 is 1. The summed E-state index contributed by atoms with van der Waals surface area (Å²) in [7, 11) is 1.36. The van der Waals surface area contributed by atoms with E-state index in [9.17, 15) is 4.79 Å². The van der Waals surface area contributed by atoms with Crippen LogP contribution in [0.3, 0.4) is 0 Å². The Morgan fingerprint density at radius 3 is 2.57 bits per heavy atom. The lowest BCUT2D eigenvalue weighted by molar-refractivity contribution is 0.0594. The number of rotatable bonds is 2. The van der Waals surface area contributed by atoms with Crippen LogP contribution in [0.15, 0.2) is 59.1 Å². The quantitative estimate of drug-likeness (QED) is 0.646. The summed E-state index contributed by atoms with van der Waals surface area (Å²) in [5.41, 5.74) is 3.07. The largest absolute Gasteiger partial charge is 0.464 e. The minimum absolute atomic E-state index is 0.311. The molecule has 0 unspecified atom stereocenters. The Morgan fingerprint density at radius 1 is 1.10 bits per heavy atom. The van der Waals surface area contributed by atoms with Gasteiger partial charge in [0.05, 0.1) is 12.6 Å².